The van der Waals surface area contributed by atoms with Gasteiger partial charge in [0.1, 0.15) is 15.6 Å². The molecular weight excluding hydrogens is 226 g/mol. The molecule has 16 heavy (non-hydrogen) atoms. The van der Waals surface area contributed by atoms with Gasteiger partial charge in [0.15, 0.2) is 0 Å². The van der Waals surface area contributed by atoms with E-state index in [1.807, 2.05) is 0 Å². The number of carbonyl (C=O) groups excluding carboxylic acids is 1. The van der Waals surface area contributed by atoms with Crippen LogP contribution in [-0.2, 0) is 14.6 Å². The lowest BCUT2D eigenvalue weighted by atomic mass is 9.71. The third-order valence-corrected chi connectivity index (χ3v) is 5.09. The van der Waals surface area contributed by atoms with Gasteiger partial charge in [-0.2, -0.15) is 0 Å². The van der Waals surface area contributed by atoms with Gasteiger partial charge in [0.25, 0.3) is 0 Å². The number of sulfone groups is 1. The molecule has 0 saturated heterocycles. The van der Waals surface area contributed by atoms with E-state index in [1.165, 1.54) is 0 Å². The van der Waals surface area contributed by atoms with Crippen LogP contribution in [0.3, 0.4) is 0 Å². The Kier molecular flexibility index (Phi) is 4.71. The van der Waals surface area contributed by atoms with Crippen molar-refractivity contribution in [1.29, 1.82) is 0 Å². The lowest BCUT2D eigenvalue weighted by Gasteiger charge is -2.37. The molecule has 0 aliphatic carbocycles. The zero-order valence-electron chi connectivity index (χ0n) is 10.8. The van der Waals surface area contributed by atoms with Crippen LogP contribution in [0.2, 0.25) is 0 Å². The first-order valence-electron chi connectivity index (χ1n) is 5.46. The summed E-state index contributed by atoms with van der Waals surface area (Å²) in [7, 11) is -3.08. The second kappa shape index (κ2) is 4.84. The third-order valence-electron chi connectivity index (χ3n) is 3.39. The molecule has 5 heteroatoms. The minimum Gasteiger partial charge on any atom is -0.325 e. The summed E-state index contributed by atoms with van der Waals surface area (Å²) >= 11 is 0. The zero-order valence-corrected chi connectivity index (χ0v) is 11.6. The van der Waals surface area contributed by atoms with E-state index in [4.69, 9.17) is 5.73 Å². The van der Waals surface area contributed by atoms with Crippen molar-refractivity contribution >= 4 is 15.6 Å². The molecule has 0 aromatic carbocycles. The fourth-order valence-corrected chi connectivity index (χ4v) is 1.85. The molecule has 0 unspecified atom stereocenters. The van der Waals surface area contributed by atoms with Crippen molar-refractivity contribution in [3.8, 4) is 0 Å². The minimum atomic E-state index is -3.08. The molecule has 2 N–H and O–H groups in total. The highest BCUT2D eigenvalue weighted by Gasteiger charge is 2.39. The van der Waals surface area contributed by atoms with E-state index < -0.39 is 20.8 Å². The van der Waals surface area contributed by atoms with Crippen molar-refractivity contribution in [1.82, 2.24) is 0 Å². The van der Waals surface area contributed by atoms with Crippen molar-refractivity contribution in [2.75, 3.05) is 11.5 Å². The highest BCUT2D eigenvalue weighted by atomic mass is 32.2. The molecule has 0 aliphatic rings. The average Bonchev–Trinajstić information content (AvgIpc) is 2.12. The molecule has 0 amide bonds. The summed E-state index contributed by atoms with van der Waals surface area (Å²) in [5, 5.41) is 0. The van der Waals surface area contributed by atoms with Crippen LogP contribution in [0.1, 0.15) is 41.0 Å². The van der Waals surface area contributed by atoms with Gasteiger partial charge >= 0.3 is 0 Å². The molecule has 4 nitrogen and oxygen atoms in total. The maximum atomic E-state index is 11.9. The second-order valence-corrected chi connectivity index (χ2v) is 7.73. The van der Waals surface area contributed by atoms with Gasteiger partial charge in [-0.05, 0) is 13.8 Å². The number of rotatable bonds is 6. The summed E-state index contributed by atoms with van der Waals surface area (Å²) < 4.78 is 22.6. The molecule has 0 aromatic rings. The van der Waals surface area contributed by atoms with E-state index in [0.717, 1.165) is 0 Å². The highest BCUT2D eigenvalue weighted by Crippen LogP contribution is 2.30. The summed E-state index contributed by atoms with van der Waals surface area (Å²) in [5.74, 6) is -0.105. The van der Waals surface area contributed by atoms with Gasteiger partial charge < -0.3 is 5.73 Å². The quantitative estimate of drug-likeness (QED) is 0.766. The van der Waals surface area contributed by atoms with Crippen LogP contribution in [0, 0.1) is 5.41 Å². The first-order chi connectivity index (χ1) is 6.94. The predicted octanol–water partition coefficient (Wildman–Crippen LogP) is 1.14. The Bertz CT molecular complexity index is 350. The molecular formula is C11H23NO3S. The number of nitrogens with two attached hydrogens (primary N) is 1. The van der Waals surface area contributed by atoms with Crippen LogP contribution in [0.4, 0.5) is 0 Å². The molecule has 96 valence electrons. The number of carbonyl (C=O) groups is 1. The Labute approximate surface area is 98.5 Å². The summed E-state index contributed by atoms with van der Waals surface area (Å²) in [6, 6.07) is 0. The molecule has 0 radical (unpaired) electrons. The Morgan fingerprint density at radius 3 is 1.94 bits per heavy atom. The molecule has 0 atom stereocenters. The fourth-order valence-electron chi connectivity index (χ4n) is 1.06. The van der Waals surface area contributed by atoms with Crippen molar-refractivity contribution in [2.24, 2.45) is 11.1 Å². The van der Waals surface area contributed by atoms with Crippen LogP contribution in [0.15, 0.2) is 0 Å². The first-order valence-corrected chi connectivity index (χ1v) is 7.29. The zero-order chi connectivity index (χ0) is 13.2. The van der Waals surface area contributed by atoms with E-state index in [2.05, 4.69) is 0 Å². The standard InChI is InChI=1S/C11H23NO3S/c1-6-16(14,15)8-7-9(13)10(2,3)11(4,5)12/h6-8,12H2,1-5H3. The van der Waals surface area contributed by atoms with Crippen molar-refractivity contribution in [2.45, 2.75) is 46.6 Å². The number of hydrogen-bond acceptors (Lipinski definition) is 4. The normalized spacial score (nSPS) is 13.9. The maximum absolute atomic E-state index is 11.9. The molecule has 0 rings (SSSR count). The summed E-state index contributed by atoms with van der Waals surface area (Å²) in [4.78, 5) is 11.9. The Hall–Kier alpha value is -0.420. The molecule has 0 heterocycles. The van der Waals surface area contributed by atoms with E-state index in [0.29, 0.717) is 0 Å². The van der Waals surface area contributed by atoms with E-state index >= 15 is 0 Å². The molecule has 0 bridgehead atoms. The fraction of sp³-hybridized carbons (Fsp3) is 0.909. The minimum absolute atomic E-state index is 0.0454. The highest BCUT2D eigenvalue weighted by molar-refractivity contribution is 7.91. The third kappa shape index (κ3) is 3.87. The summed E-state index contributed by atoms with van der Waals surface area (Å²) in [5.41, 5.74) is 4.55. The average molecular weight is 249 g/mol. The van der Waals surface area contributed by atoms with Gasteiger partial charge in [0.2, 0.25) is 0 Å². The van der Waals surface area contributed by atoms with Crippen LogP contribution in [0.5, 0.6) is 0 Å². The van der Waals surface area contributed by atoms with Crippen molar-refractivity contribution < 1.29 is 13.2 Å². The van der Waals surface area contributed by atoms with Crippen LogP contribution in [-0.4, -0.2) is 31.2 Å². The van der Waals surface area contributed by atoms with E-state index in [9.17, 15) is 13.2 Å². The van der Waals surface area contributed by atoms with Gasteiger partial charge in [0.05, 0.1) is 5.75 Å². The Morgan fingerprint density at radius 1 is 1.19 bits per heavy atom. The molecule has 0 spiro atoms. The van der Waals surface area contributed by atoms with Crippen molar-refractivity contribution in [3.63, 3.8) is 0 Å². The SMILES string of the molecule is CCS(=O)(=O)CCC(=O)C(C)(C)C(C)(C)N. The molecule has 0 aromatic heterocycles. The van der Waals surface area contributed by atoms with Crippen LogP contribution in [0.25, 0.3) is 0 Å². The smallest absolute Gasteiger partial charge is 0.150 e. The van der Waals surface area contributed by atoms with Gasteiger partial charge in [-0.3, -0.25) is 4.79 Å². The Morgan fingerprint density at radius 2 is 1.62 bits per heavy atom. The molecule has 0 saturated carbocycles. The maximum Gasteiger partial charge on any atom is 0.150 e. The van der Waals surface area contributed by atoms with Crippen LogP contribution >= 0.6 is 0 Å². The van der Waals surface area contributed by atoms with Gasteiger partial charge in [-0.25, -0.2) is 8.42 Å². The summed E-state index contributed by atoms with van der Waals surface area (Å²) in [6.45, 7) is 8.65. The lowest BCUT2D eigenvalue weighted by molar-refractivity contribution is -0.129. The topological polar surface area (TPSA) is 77.2 Å². The monoisotopic (exact) mass is 249 g/mol. The van der Waals surface area contributed by atoms with Gasteiger partial charge in [0, 0.05) is 23.1 Å². The molecule has 0 fully saturated rings. The predicted molar refractivity (Wildman–Crippen MR) is 66.0 cm³/mol. The lowest BCUT2D eigenvalue weighted by Crippen LogP contribution is -2.52. The Balaban J connectivity index is 4.62. The number of hydrogen-bond donors (Lipinski definition) is 1. The van der Waals surface area contributed by atoms with Crippen molar-refractivity contribution in [3.05, 3.63) is 0 Å². The number of ketones is 1. The van der Waals surface area contributed by atoms with Crippen LogP contribution < -0.4 is 5.73 Å². The number of Topliss-reactive ketones (excluding diaryl/α,β-unsaturated/α-hetero) is 1. The first kappa shape index (κ1) is 15.6. The van der Waals surface area contributed by atoms with E-state index in [-0.39, 0.29) is 23.7 Å². The molecule has 0 aliphatic heterocycles. The summed E-state index contributed by atoms with van der Waals surface area (Å²) in [6.07, 6.45) is 0.0454. The van der Waals surface area contributed by atoms with Gasteiger partial charge in [-0.15, -0.1) is 0 Å². The van der Waals surface area contributed by atoms with E-state index in [1.54, 1.807) is 34.6 Å². The van der Waals surface area contributed by atoms with Gasteiger partial charge in [-0.1, -0.05) is 20.8 Å². The second-order valence-electron chi connectivity index (χ2n) is 5.26. The largest absolute Gasteiger partial charge is 0.325 e.